The molecular weight excluding hydrogens is 242 g/mol. The maximum absolute atomic E-state index is 5.99. The molecule has 2 heterocycles. The van der Waals surface area contributed by atoms with Crippen LogP contribution in [0.2, 0.25) is 0 Å². The molecule has 0 aliphatic carbocycles. The minimum absolute atomic E-state index is 0.0611. The Hall–Kier alpha value is -2.01. The number of ether oxygens (including phenoxy) is 2. The standard InChI is InChI=1S/C14H17N3O2/c1-18-10-5-2-4-9(8-10)12-13(16-17-14(12)15)11-6-3-7-19-11/h2,4-5,8,11H,3,6-7H2,1H3,(H3,15,16,17). The Morgan fingerprint density at radius 3 is 3.11 bits per heavy atom. The monoisotopic (exact) mass is 259 g/mol. The smallest absolute Gasteiger partial charge is 0.153 e. The van der Waals surface area contributed by atoms with E-state index >= 15 is 0 Å². The van der Waals surface area contributed by atoms with E-state index in [2.05, 4.69) is 10.2 Å². The predicted molar refractivity (Wildman–Crippen MR) is 72.9 cm³/mol. The third-order valence-electron chi connectivity index (χ3n) is 3.43. The molecule has 100 valence electrons. The van der Waals surface area contributed by atoms with Crippen molar-refractivity contribution in [1.29, 1.82) is 0 Å². The van der Waals surface area contributed by atoms with E-state index in [1.165, 1.54) is 0 Å². The number of nitrogen functional groups attached to an aromatic ring is 1. The van der Waals surface area contributed by atoms with E-state index in [0.29, 0.717) is 5.82 Å². The summed E-state index contributed by atoms with van der Waals surface area (Å²) in [6, 6.07) is 7.81. The zero-order valence-electron chi connectivity index (χ0n) is 10.8. The number of nitrogens with zero attached hydrogens (tertiary/aromatic N) is 1. The van der Waals surface area contributed by atoms with E-state index < -0.39 is 0 Å². The lowest BCUT2D eigenvalue weighted by atomic mass is 10.0. The van der Waals surface area contributed by atoms with E-state index in [1.54, 1.807) is 7.11 Å². The van der Waals surface area contributed by atoms with Gasteiger partial charge in [-0.05, 0) is 30.5 Å². The van der Waals surface area contributed by atoms with Crippen LogP contribution in [0.1, 0.15) is 24.6 Å². The number of hydrogen-bond acceptors (Lipinski definition) is 4. The van der Waals surface area contributed by atoms with Gasteiger partial charge in [0, 0.05) is 12.2 Å². The summed E-state index contributed by atoms with van der Waals surface area (Å²) in [7, 11) is 1.65. The quantitative estimate of drug-likeness (QED) is 0.888. The molecule has 0 amide bonds. The minimum Gasteiger partial charge on any atom is -0.497 e. The maximum atomic E-state index is 5.99. The molecule has 1 unspecified atom stereocenters. The first kappa shape index (κ1) is 12.0. The predicted octanol–water partition coefficient (Wildman–Crippen LogP) is 2.52. The number of rotatable bonds is 3. The Balaban J connectivity index is 2.05. The van der Waals surface area contributed by atoms with Crippen LogP contribution in [0.4, 0.5) is 5.82 Å². The second-order valence-corrected chi connectivity index (χ2v) is 4.63. The van der Waals surface area contributed by atoms with Gasteiger partial charge in [0.2, 0.25) is 0 Å². The van der Waals surface area contributed by atoms with Gasteiger partial charge in [-0.15, -0.1) is 0 Å². The van der Waals surface area contributed by atoms with Crippen molar-refractivity contribution < 1.29 is 9.47 Å². The molecular formula is C14H17N3O2. The van der Waals surface area contributed by atoms with Gasteiger partial charge >= 0.3 is 0 Å². The Bertz CT molecular complexity index is 574. The molecule has 5 heteroatoms. The van der Waals surface area contributed by atoms with Crippen molar-refractivity contribution in [3.8, 4) is 16.9 Å². The van der Waals surface area contributed by atoms with Gasteiger partial charge in [0.25, 0.3) is 0 Å². The molecule has 1 atom stereocenters. The number of nitrogens with one attached hydrogen (secondary N) is 1. The highest BCUT2D eigenvalue weighted by Crippen LogP contribution is 2.38. The zero-order valence-corrected chi connectivity index (χ0v) is 10.8. The lowest BCUT2D eigenvalue weighted by Gasteiger charge is -2.11. The average Bonchev–Trinajstić information content (AvgIpc) is 3.07. The van der Waals surface area contributed by atoms with Crippen molar-refractivity contribution in [2.24, 2.45) is 0 Å². The third-order valence-corrected chi connectivity index (χ3v) is 3.43. The van der Waals surface area contributed by atoms with Gasteiger partial charge in [0.1, 0.15) is 5.75 Å². The number of aromatic amines is 1. The van der Waals surface area contributed by atoms with Crippen LogP contribution in [0.3, 0.4) is 0 Å². The lowest BCUT2D eigenvalue weighted by molar-refractivity contribution is 0.109. The second kappa shape index (κ2) is 4.93. The minimum atomic E-state index is 0.0611. The number of benzene rings is 1. The summed E-state index contributed by atoms with van der Waals surface area (Å²) in [5, 5.41) is 7.14. The molecule has 0 radical (unpaired) electrons. The van der Waals surface area contributed by atoms with Crippen LogP contribution in [0.5, 0.6) is 5.75 Å². The molecule has 1 aromatic heterocycles. The Kier molecular flexibility index (Phi) is 3.13. The molecule has 2 aromatic rings. The van der Waals surface area contributed by atoms with Gasteiger partial charge in [-0.1, -0.05) is 12.1 Å². The molecule has 3 N–H and O–H groups in total. The number of nitrogens with two attached hydrogens (primary N) is 1. The second-order valence-electron chi connectivity index (χ2n) is 4.63. The Morgan fingerprint density at radius 2 is 2.37 bits per heavy atom. The highest BCUT2D eigenvalue weighted by atomic mass is 16.5. The van der Waals surface area contributed by atoms with Crippen molar-refractivity contribution in [1.82, 2.24) is 10.2 Å². The van der Waals surface area contributed by atoms with Gasteiger partial charge in [0.15, 0.2) is 5.82 Å². The summed E-state index contributed by atoms with van der Waals surface area (Å²) in [5.41, 5.74) is 8.87. The van der Waals surface area contributed by atoms with Crippen molar-refractivity contribution in [2.45, 2.75) is 18.9 Å². The Labute approximate surface area is 111 Å². The van der Waals surface area contributed by atoms with Crippen LogP contribution in [-0.2, 0) is 4.74 Å². The zero-order chi connectivity index (χ0) is 13.2. The summed E-state index contributed by atoms with van der Waals surface area (Å²) in [4.78, 5) is 0. The highest BCUT2D eigenvalue weighted by Gasteiger charge is 2.25. The van der Waals surface area contributed by atoms with Crippen molar-refractivity contribution in [3.05, 3.63) is 30.0 Å². The molecule has 1 aromatic carbocycles. The van der Waals surface area contributed by atoms with Gasteiger partial charge in [-0.3, -0.25) is 5.10 Å². The fraction of sp³-hybridized carbons (Fsp3) is 0.357. The fourth-order valence-corrected chi connectivity index (χ4v) is 2.49. The van der Waals surface area contributed by atoms with Crippen LogP contribution in [0.25, 0.3) is 11.1 Å². The van der Waals surface area contributed by atoms with Gasteiger partial charge in [-0.25, -0.2) is 0 Å². The first-order chi connectivity index (χ1) is 9.29. The molecule has 19 heavy (non-hydrogen) atoms. The van der Waals surface area contributed by atoms with Crippen LogP contribution in [0, 0.1) is 0 Å². The van der Waals surface area contributed by atoms with Crippen LogP contribution >= 0.6 is 0 Å². The van der Waals surface area contributed by atoms with Crippen molar-refractivity contribution in [2.75, 3.05) is 19.5 Å². The molecule has 0 saturated carbocycles. The number of methoxy groups -OCH3 is 1. The SMILES string of the molecule is COc1cccc(-c2c(N)n[nH]c2C2CCCO2)c1. The fourth-order valence-electron chi connectivity index (χ4n) is 2.49. The van der Waals surface area contributed by atoms with E-state index in [0.717, 1.165) is 42.0 Å². The van der Waals surface area contributed by atoms with E-state index in [1.807, 2.05) is 24.3 Å². The first-order valence-corrected chi connectivity index (χ1v) is 6.39. The molecule has 3 rings (SSSR count). The van der Waals surface area contributed by atoms with Crippen LogP contribution in [0.15, 0.2) is 24.3 Å². The van der Waals surface area contributed by atoms with Crippen LogP contribution in [-0.4, -0.2) is 23.9 Å². The van der Waals surface area contributed by atoms with Crippen LogP contribution < -0.4 is 10.5 Å². The largest absolute Gasteiger partial charge is 0.497 e. The molecule has 0 bridgehead atoms. The molecule has 1 aliphatic heterocycles. The summed E-state index contributed by atoms with van der Waals surface area (Å²) in [6.07, 6.45) is 2.13. The molecule has 5 nitrogen and oxygen atoms in total. The van der Waals surface area contributed by atoms with Gasteiger partial charge in [0.05, 0.1) is 18.9 Å². The van der Waals surface area contributed by atoms with E-state index in [-0.39, 0.29) is 6.10 Å². The molecule has 0 spiro atoms. The lowest BCUT2D eigenvalue weighted by Crippen LogP contribution is -1.99. The summed E-state index contributed by atoms with van der Waals surface area (Å²) >= 11 is 0. The third kappa shape index (κ3) is 2.17. The summed E-state index contributed by atoms with van der Waals surface area (Å²) in [6.45, 7) is 0.793. The van der Waals surface area contributed by atoms with Gasteiger partial charge < -0.3 is 15.2 Å². The van der Waals surface area contributed by atoms with Crippen molar-refractivity contribution >= 4 is 5.82 Å². The summed E-state index contributed by atoms with van der Waals surface area (Å²) in [5.74, 6) is 1.30. The highest BCUT2D eigenvalue weighted by molar-refractivity contribution is 5.77. The average molecular weight is 259 g/mol. The maximum Gasteiger partial charge on any atom is 0.153 e. The number of anilines is 1. The first-order valence-electron chi connectivity index (χ1n) is 6.39. The molecule has 1 saturated heterocycles. The summed E-state index contributed by atoms with van der Waals surface area (Å²) < 4.78 is 11.0. The number of H-pyrrole nitrogens is 1. The molecule has 1 aliphatic rings. The van der Waals surface area contributed by atoms with E-state index in [9.17, 15) is 0 Å². The number of hydrogen-bond donors (Lipinski definition) is 2. The van der Waals surface area contributed by atoms with Gasteiger partial charge in [-0.2, -0.15) is 5.10 Å². The number of aromatic nitrogens is 2. The van der Waals surface area contributed by atoms with E-state index in [4.69, 9.17) is 15.2 Å². The molecule has 1 fully saturated rings. The van der Waals surface area contributed by atoms with Crippen molar-refractivity contribution in [3.63, 3.8) is 0 Å². The Morgan fingerprint density at radius 1 is 1.47 bits per heavy atom. The normalized spacial score (nSPS) is 18.7. The topological polar surface area (TPSA) is 73.2 Å².